The smallest absolute Gasteiger partial charge is 0.322 e. The second-order valence-electron chi connectivity index (χ2n) is 5.60. The van der Waals surface area contributed by atoms with Crippen LogP contribution in [0, 0.1) is 11.6 Å². The Morgan fingerprint density at radius 1 is 1.04 bits per heavy atom. The number of anilines is 2. The predicted molar refractivity (Wildman–Crippen MR) is 95.6 cm³/mol. The summed E-state index contributed by atoms with van der Waals surface area (Å²) in [6.45, 7) is 1.69. The fourth-order valence-corrected chi connectivity index (χ4v) is 3.03. The SMILES string of the molecule is O=C(Nc1cccc(Cl)c1Cl)N1CCN(c2ccc(F)cc2F)CC1. The van der Waals surface area contributed by atoms with E-state index in [4.69, 9.17) is 23.2 Å². The summed E-state index contributed by atoms with van der Waals surface area (Å²) in [5.74, 6) is -1.22. The van der Waals surface area contributed by atoms with E-state index >= 15 is 0 Å². The van der Waals surface area contributed by atoms with E-state index < -0.39 is 11.6 Å². The van der Waals surface area contributed by atoms with Gasteiger partial charge in [-0.25, -0.2) is 13.6 Å². The maximum Gasteiger partial charge on any atom is 0.322 e. The summed E-state index contributed by atoms with van der Waals surface area (Å²) in [6.07, 6.45) is 0. The lowest BCUT2D eigenvalue weighted by atomic mass is 10.2. The third-order valence-electron chi connectivity index (χ3n) is 4.01. The third-order valence-corrected chi connectivity index (χ3v) is 4.83. The highest BCUT2D eigenvalue weighted by molar-refractivity contribution is 6.43. The van der Waals surface area contributed by atoms with Crippen molar-refractivity contribution >= 4 is 40.6 Å². The van der Waals surface area contributed by atoms with Crippen molar-refractivity contribution in [2.45, 2.75) is 0 Å². The van der Waals surface area contributed by atoms with E-state index in [1.54, 1.807) is 28.0 Å². The lowest BCUT2D eigenvalue weighted by Crippen LogP contribution is -2.50. The fourth-order valence-electron chi connectivity index (χ4n) is 2.68. The first kappa shape index (κ1) is 17.8. The van der Waals surface area contributed by atoms with E-state index in [2.05, 4.69) is 5.32 Å². The average molecular weight is 386 g/mol. The van der Waals surface area contributed by atoms with Crippen LogP contribution in [0.25, 0.3) is 0 Å². The number of rotatable bonds is 2. The molecule has 0 aromatic heterocycles. The summed E-state index contributed by atoms with van der Waals surface area (Å²) in [5, 5.41) is 3.36. The molecule has 2 aromatic rings. The Morgan fingerprint density at radius 3 is 2.44 bits per heavy atom. The van der Waals surface area contributed by atoms with Gasteiger partial charge in [-0.05, 0) is 24.3 Å². The van der Waals surface area contributed by atoms with Gasteiger partial charge in [0.05, 0.1) is 21.4 Å². The van der Waals surface area contributed by atoms with Crippen LogP contribution in [-0.2, 0) is 0 Å². The standard InChI is InChI=1S/C17H15Cl2F2N3O/c18-12-2-1-3-14(16(12)19)22-17(25)24-8-6-23(7-9-24)15-5-4-11(20)10-13(15)21/h1-5,10H,6-9H2,(H,22,25). The number of nitrogens with one attached hydrogen (secondary N) is 1. The van der Waals surface area contributed by atoms with Crippen molar-refractivity contribution in [2.24, 2.45) is 0 Å². The number of hydrogen-bond acceptors (Lipinski definition) is 2. The van der Waals surface area contributed by atoms with E-state index in [0.29, 0.717) is 42.6 Å². The number of halogens is 4. The van der Waals surface area contributed by atoms with Crippen LogP contribution >= 0.6 is 23.2 Å². The average Bonchev–Trinajstić information content (AvgIpc) is 2.59. The van der Waals surface area contributed by atoms with Crippen LogP contribution in [-0.4, -0.2) is 37.1 Å². The van der Waals surface area contributed by atoms with Gasteiger partial charge in [0, 0.05) is 32.2 Å². The summed E-state index contributed by atoms with van der Waals surface area (Å²) in [7, 11) is 0. The molecule has 0 spiro atoms. The molecule has 2 aromatic carbocycles. The van der Waals surface area contributed by atoms with Gasteiger partial charge in [-0.2, -0.15) is 0 Å². The highest BCUT2D eigenvalue weighted by Gasteiger charge is 2.23. The number of amides is 2. The third kappa shape index (κ3) is 3.96. The number of urea groups is 1. The molecule has 0 unspecified atom stereocenters. The first-order valence-corrected chi connectivity index (χ1v) is 8.41. The molecule has 3 rings (SSSR count). The summed E-state index contributed by atoms with van der Waals surface area (Å²) >= 11 is 12.0. The molecule has 2 amide bonds. The van der Waals surface area contributed by atoms with E-state index in [0.717, 1.165) is 6.07 Å². The van der Waals surface area contributed by atoms with Crippen LogP contribution < -0.4 is 10.2 Å². The van der Waals surface area contributed by atoms with Gasteiger partial charge in [-0.3, -0.25) is 0 Å². The lowest BCUT2D eigenvalue weighted by molar-refractivity contribution is 0.208. The van der Waals surface area contributed by atoms with Gasteiger partial charge in [0.15, 0.2) is 0 Å². The number of nitrogens with zero attached hydrogens (tertiary/aromatic N) is 2. The van der Waals surface area contributed by atoms with Gasteiger partial charge < -0.3 is 15.1 Å². The van der Waals surface area contributed by atoms with E-state index in [9.17, 15) is 13.6 Å². The van der Waals surface area contributed by atoms with Gasteiger partial charge in [-0.1, -0.05) is 29.3 Å². The van der Waals surface area contributed by atoms with Crippen molar-refractivity contribution in [3.05, 3.63) is 58.1 Å². The zero-order valence-electron chi connectivity index (χ0n) is 13.1. The van der Waals surface area contributed by atoms with Gasteiger partial charge in [0.2, 0.25) is 0 Å². The van der Waals surface area contributed by atoms with E-state index in [1.165, 1.54) is 12.1 Å². The number of piperazine rings is 1. The molecular formula is C17H15Cl2F2N3O. The van der Waals surface area contributed by atoms with Crippen LogP contribution in [0.3, 0.4) is 0 Å². The Kier molecular flexibility index (Phi) is 5.30. The second kappa shape index (κ2) is 7.45. The Bertz CT molecular complexity index is 795. The molecule has 8 heteroatoms. The summed E-state index contributed by atoms with van der Waals surface area (Å²) < 4.78 is 26.9. The number of carbonyl (C=O) groups is 1. The maximum atomic E-state index is 13.9. The predicted octanol–water partition coefficient (Wildman–Crippen LogP) is 4.63. The van der Waals surface area contributed by atoms with Crippen LogP contribution in [0.2, 0.25) is 10.0 Å². The molecule has 132 valence electrons. The molecule has 0 atom stereocenters. The molecule has 1 aliphatic heterocycles. The van der Waals surface area contributed by atoms with Crippen molar-refractivity contribution in [2.75, 3.05) is 36.4 Å². The molecule has 4 nitrogen and oxygen atoms in total. The number of hydrogen-bond donors (Lipinski definition) is 1. The minimum Gasteiger partial charge on any atom is -0.366 e. The molecule has 1 heterocycles. The monoisotopic (exact) mass is 385 g/mol. The van der Waals surface area contributed by atoms with Crippen LogP contribution in [0.1, 0.15) is 0 Å². The van der Waals surface area contributed by atoms with E-state index in [-0.39, 0.29) is 11.1 Å². The highest BCUT2D eigenvalue weighted by Crippen LogP contribution is 2.30. The summed E-state index contributed by atoms with van der Waals surface area (Å²) in [5.41, 5.74) is 0.769. The van der Waals surface area contributed by atoms with Crippen molar-refractivity contribution < 1.29 is 13.6 Å². The second-order valence-corrected chi connectivity index (χ2v) is 6.39. The van der Waals surface area contributed by atoms with Crippen molar-refractivity contribution in [1.82, 2.24) is 4.90 Å². The molecular weight excluding hydrogens is 371 g/mol. The minimum absolute atomic E-state index is 0.282. The molecule has 1 aliphatic rings. The van der Waals surface area contributed by atoms with Gasteiger partial charge in [0.1, 0.15) is 11.6 Å². The molecule has 0 saturated carbocycles. The summed E-state index contributed by atoms with van der Waals surface area (Å²) in [6, 6.07) is 8.17. The first-order chi connectivity index (χ1) is 12.0. The summed E-state index contributed by atoms with van der Waals surface area (Å²) in [4.78, 5) is 15.7. The lowest BCUT2D eigenvalue weighted by Gasteiger charge is -2.36. The molecule has 0 bridgehead atoms. The zero-order chi connectivity index (χ0) is 18.0. The minimum atomic E-state index is -0.613. The van der Waals surface area contributed by atoms with Crippen LogP contribution in [0.4, 0.5) is 25.0 Å². The van der Waals surface area contributed by atoms with Crippen molar-refractivity contribution in [3.8, 4) is 0 Å². The molecule has 25 heavy (non-hydrogen) atoms. The molecule has 0 radical (unpaired) electrons. The van der Waals surface area contributed by atoms with Gasteiger partial charge in [0.25, 0.3) is 0 Å². The maximum absolute atomic E-state index is 13.9. The fraction of sp³-hybridized carbons (Fsp3) is 0.235. The normalized spacial score (nSPS) is 14.6. The van der Waals surface area contributed by atoms with Crippen LogP contribution in [0.15, 0.2) is 36.4 Å². The topological polar surface area (TPSA) is 35.6 Å². The molecule has 1 saturated heterocycles. The number of carbonyl (C=O) groups excluding carboxylic acids is 1. The number of benzene rings is 2. The largest absolute Gasteiger partial charge is 0.366 e. The van der Waals surface area contributed by atoms with Gasteiger partial charge >= 0.3 is 6.03 Å². The Hall–Kier alpha value is -2.05. The van der Waals surface area contributed by atoms with Crippen molar-refractivity contribution in [3.63, 3.8) is 0 Å². The highest BCUT2D eigenvalue weighted by atomic mass is 35.5. The Balaban J connectivity index is 1.62. The Morgan fingerprint density at radius 2 is 1.76 bits per heavy atom. The van der Waals surface area contributed by atoms with Crippen molar-refractivity contribution in [1.29, 1.82) is 0 Å². The quantitative estimate of drug-likeness (QED) is 0.817. The van der Waals surface area contributed by atoms with E-state index in [1.807, 2.05) is 0 Å². The van der Waals surface area contributed by atoms with Gasteiger partial charge in [-0.15, -0.1) is 0 Å². The molecule has 0 aliphatic carbocycles. The zero-order valence-corrected chi connectivity index (χ0v) is 14.6. The molecule has 1 N–H and O–H groups in total. The molecule has 1 fully saturated rings. The first-order valence-electron chi connectivity index (χ1n) is 7.65. The Labute approximate surface area is 153 Å². The van der Waals surface area contributed by atoms with Crippen LogP contribution in [0.5, 0.6) is 0 Å².